The first-order chi connectivity index (χ1) is 9.47. The molecule has 2 aliphatic carbocycles. The fraction of sp³-hybridized carbons (Fsp3) is 0.611. The van der Waals surface area contributed by atoms with Crippen LogP contribution in [0.4, 0.5) is 0 Å². The zero-order valence-electron chi connectivity index (χ0n) is 12.8. The first-order valence-electron chi connectivity index (χ1n) is 7.44. The molecule has 0 aliphatic heterocycles. The van der Waals surface area contributed by atoms with Crippen molar-refractivity contribution in [3.8, 4) is 12.3 Å². The third-order valence-corrected chi connectivity index (χ3v) is 4.92. The molecule has 2 aliphatic rings. The van der Waals surface area contributed by atoms with Crippen molar-refractivity contribution in [2.45, 2.75) is 52.9 Å². The van der Waals surface area contributed by atoms with Gasteiger partial charge < -0.3 is 4.74 Å². The highest BCUT2D eigenvalue weighted by Gasteiger charge is 2.41. The highest BCUT2D eigenvalue weighted by Crippen LogP contribution is 2.52. The molecule has 0 aromatic rings. The predicted molar refractivity (Wildman–Crippen MR) is 80.9 cm³/mol. The average Bonchev–Trinajstić information content (AvgIpc) is 2.42. The zero-order valence-corrected chi connectivity index (χ0v) is 12.8. The number of hydrogen-bond acceptors (Lipinski definition) is 2. The fourth-order valence-electron chi connectivity index (χ4n) is 3.58. The van der Waals surface area contributed by atoms with E-state index in [0.717, 1.165) is 32.1 Å². The molecule has 2 nitrogen and oxygen atoms in total. The summed E-state index contributed by atoms with van der Waals surface area (Å²) < 4.78 is 5.13. The van der Waals surface area contributed by atoms with Crippen LogP contribution in [0.3, 0.4) is 0 Å². The first-order valence-corrected chi connectivity index (χ1v) is 7.44. The fourth-order valence-corrected chi connectivity index (χ4v) is 3.58. The van der Waals surface area contributed by atoms with Crippen LogP contribution in [0.1, 0.15) is 52.9 Å². The first kappa shape index (κ1) is 14.9. The van der Waals surface area contributed by atoms with E-state index in [1.165, 1.54) is 23.6 Å². The number of terminal acetylenes is 1. The van der Waals surface area contributed by atoms with Crippen molar-refractivity contribution in [2.24, 2.45) is 11.3 Å². The van der Waals surface area contributed by atoms with Crippen LogP contribution in [-0.2, 0) is 9.53 Å². The van der Waals surface area contributed by atoms with Crippen LogP contribution in [-0.4, -0.2) is 12.6 Å². The van der Waals surface area contributed by atoms with E-state index in [0.29, 0.717) is 12.5 Å². The lowest BCUT2D eigenvalue weighted by atomic mass is 9.59. The molecular weight excluding hydrogens is 248 g/mol. The number of allylic oxidation sites excluding steroid dienone is 3. The van der Waals surface area contributed by atoms with Crippen LogP contribution in [0.15, 0.2) is 22.8 Å². The molecule has 0 radical (unpaired) electrons. The Morgan fingerprint density at radius 1 is 1.50 bits per heavy atom. The van der Waals surface area contributed by atoms with E-state index >= 15 is 0 Å². The van der Waals surface area contributed by atoms with Crippen molar-refractivity contribution in [3.05, 3.63) is 22.8 Å². The lowest BCUT2D eigenvalue weighted by Crippen LogP contribution is -2.35. The lowest BCUT2D eigenvalue weighted by molar-refractivity contribution is -0.139. The molecule has 2 atom stereocenters. The third-order valence-electron chi connectivity index (χ3n) is 4.92. The largest absolute Gasteiger partial charge is 0.461 e. The summed E-state index contributed by atoms with van der Waals surface area (Å²) in [5.41, 5.74) is 4.27. The molecule has 0 N–H and O–H groups in total. The maximum absolute atomic E-state index is 10.9. The summed E-state index contributed by atoms with van der Waals surface area (Å²) in [6.07, 6.45) is 13.5. The highest BCUT2D eigenvalue weighted by atomic mass is 16.5. The van der Waals surface area contributed by atoms with Gasteiger partial charge in [-0.05, 0) is 44.6 Å². The summed E-state index contributed by atoms with van der Waals surface area (Å²) >= 11 is 0. The van der Waals surface area contributed by atoms with Gasteiger partial charge in [-0.3, -0.25) is 4.79 Å². The van der Waals surface area contributed by atoms with Crippen LogP contribution in [0, 0.1) is 23.7 Å². The Bertz CT molecular complexity index is 504. The van der Waals surface area contributed by atoms with Gasteiger partial charge in [-0.15, -0.1) is 12.3 Å². The van der Waals surface area contributed by atoms with Gasteiger partial charge in [-0.25, -0.2) is 0 Å². The number of rotatable bonds is 2. The molecule has 1 saturated carbocycles. The van der Waals surface area contributed by atoms with Gasteiger partial charge in [0.2, 0.25) is 0 Å². The monoisotopic (exact) mass is 272 g/mol. The van der Waals surface area contributed by atoms with E-state index in [9.17, 15) is 4.79 Å². The van der Waals surface area contributed by atoms with E-state index in [2.05, 4.69) is 25.8 Å². The molecule has 0 saturated heterocycles. The number of esters is 1. The topological polar surface area (TPSA) is 26.3 Å². The molecule has 0 unspecified atom stereocenters. The summed E-state index contributed by atoms with van der Waals surface area (Å²) in [6.45, 7) is 6.25. The molecule has 0 aromatic heterocycles. The average molecular weight is 272 g/mol. The smallest absolute Gasteiger partial charge is 0.302 e. The van der Waals surface area contributed by atoms with E-state index in [1.807, 2.05) is 0 Å². The minimum atomic E-state index is -0.216. The lowest BCUT2D eigenvalue weighted by Gasteiger charge is -2.45. The predicted octanol–water partition coefficient (Wildman–Crippen LogP) is 4.03. The van der Waals surface area contributed by atoms with Gasteiger partial charge in [0.05, 0.1) is 0 Å². The third kappa shape index (κ3) is 2.82. The molecule has 0 aromatic carbocycles. The molecule has 0 heterocycles. The second kappa shape index (κ2) is 5.87. The normalized spacial score (nSPS) is 31.7. The van der Waals surface area contributed by atoms with Crippen molar-refractivity contribution >= 4 is 5.97 Å². The number of carbonyl (C=O) groups is 1. The SMILES string of the molecule is C#C[C@@H]1CCC=C2CC/C(=C(/C)COC(C)=O)C[C@]21C. The van der Waals surface area contributed by atoms with Crippen LogP contribution >= 0.6 is 0 Å². The van der Waals surface area contributed by atoms with Crippen LogP contribution < -0.4 is 0 Å². The molecule has 20 heavy (non-hydrogen) atoms. The molecule has 0 amide bonds. The Hall–Kier alpha value is -1.49. The Kier molecular flexibility index (Phi) is 4.38. The number of carbonyl (C=O) groups excluding carboxylic acids is 1. The molecule has 2 heteroatoms. The Labute approximate surface area is 122 Å². The summed E-state index contributed by atoms with van der Waals surface area (Å²) in [7, 11) is 0. The van der Waals surface area contributed by atoms with Gasteiger partial charge >= 0.3 is 5.97 Å². The minimum Gasteiger partial charge on any atom is -0.461 e. The summed E-state index contributed by atoms with van der Waals surface area (Å²) in [6, 6.07) is 0. The van der Waals surface area contributed by atoms with Crippen LogP contribution in [0.25, 0.3) is 0 Å². The molecule has 1 fully saturated rings. The standard InChI is InChI=1S/C18H24O2/c1-5-16-7-6-8-17-10-9-15(11-18(16,17)4)13(2)12-20-14(3)19/h1,8,16H,6-7,9-12H2,2-4H3/b15-13+/t16-,18+/m1/s1. The number of ether oxygens (including phenoxy) is 1. The quantitative estimate of drug-likeness (QED) is 0.431. The van der Waals surface area contributed by atoms with Crippen LogP contribution in [0.2, 0.25) is 0 Å². The minimum absolute atomic E-state index is 0.109. The van der Waals surface area contributed by atoms with Crippen LogP contribution in [0.5, 0.6) is 0 Å². The zero-order chi connectivity index (χ0) is 14.8. The van der Waals surface area contributed by atoms with E-state index in [4.69, 9.17) is 11.2 Å². The second-order valence-corrected chi connectivity index (χ2v) is 6.28. The van der Waals surface area contributed by atoms with Crippen molar-refractivity contribution in [1.29, 1.82) is 0 Å². The molecule has 0 bridgehead atoms. The Morgan fingerprint density at radius 3 is 2.90 bits per heavy atom. The Morgan fingerprint density at radius 2 is 2.25 bits per heavy atom. The van der Waals surface area contributed by atoms with Gasteiger partial charge in [-0.2, -0.15) is 0 Å². The summed E-state index contributed by atoms with van der Waals surface area (Å²) in [5.74, 6) is 3.12. The van der Waals surface area contributed by atoms with Gasteiger partial charge in [-0.1, -0.05) is 24.1 Å². The molecule has 0 spiro atoms. The highest BCUT2D eigenvalue weighted by molar-refractivity contribution is 5.66. The summed E-state index contributed by atoms with van der Waals surface area (Å²) in [5, 5.41) is 0. The number of fused-ring (bicyclic) bond motifs is 1. The maximum Gasteiger partial charge on any atom is 0.302 e. The maximum atomic E-state index is 10.9. The van der Waals surface area contributed by atoms with Gasteiger partial charge in [0, 0.05) is 18.3 Å². The van der Waals surface area contributed by atoms with Gasteiger partial charge in [0.1, 0.15) is 6.61 Å². The molecule has 108 valence electrons. The summed E-state index contributed by atoms with van der Waals surface area (Å²) in [4.78, 5) is 10.9. The van der Waals surface area contributed by atoms with Gasteiger partial charge in [0.15, 0.2) is 0 Å². The van der Waals surface area contributed by atoms with Crippen molar-refractivity contribution in [3.63, 3.8) is 0 Å². The second-order valence-electron chi connectivity index (χ2n) is 6.28. The van der Waals surface area contributed by atoms with Crippen molar-refractivity contribution in [1.82, 2.24) is 0 Å². The number of hydrogen-bond donors (Lipinski definition) is 0. The van der Waals surface area contributed by atoms with Crippen molar-refractivity contribution < 1.29 is 9.53 Å². The van der Waals surface area contributed by atoms with Gasteiger partial charge in [0.25, 0.3) is 0 Å². The Balaban J connectivity index is 2.20. The van der Waals surface area contributed by atoms with Crippen molar-refractivity contribution in [2.75, 3.05) is 6.61 Å². The molecule has 2 rings (SSSR count). The van der Waals surface area contributed by atoms with E-state index in [-0.39, 0.29) is 11.4 Å². The van der Waals surface area contributed by atoms with E-state index < -0.39 is 0 Å². The molecular formula is C18H24O2. The van der Waals surface area contributed by atoms with E-state index in [1.54, 1.807) is 0 Å².